The van der Waals surface area contributed by atoms with Crippen molar-refractivity contribution in [3.63, 3.8) is 0 Å². The van der Waals surface area contributed by atoms with Crippen molar-refractivity contribution in [1.29, 1.82) is 0 Å². The zero-order valence-electron chi connectivity index (χ0n) is 5.88. The predicted molar refractivity (Wildman–Crippen MR) is 34.5 cm³/mol. The van der Waals surface area contributed by atoms with E-state index in [0.717, 1.165) is 12.8 Å². The topological polar surface area (TPSA) is 38.7 Å². The summed E-state index contributed by atoms with van der Waals surface area (Å²) >= 11 is 0. The summed E-state index contributed by atoms with van der Waals surface area (Å²) in [6.45, 7) is 1.37. The van der Waals surface area contributed by atoms with Crippen LogP contribution in [0.15, 0.2) is 0 Å². The Kier molecular flexibility index (Phi) is 1.44. The molecule has 0 aromatic carbocycles. The van der Waals surface area contributed by atoms with E-state index in [0.29, 0.717) is 19.6 Å². The summed E-state index contributed by atoms with van der Waals surface area (Å²) in [7, 11) is 0. The molecule has 0 aromatic heterocycles. The van der Waals surface area contributed by atoms with Crippen LogP contribution in [0.25, 0.3) is 0 Å². The lowest BCUT2D eigenvalue weighted by molar-refractivity contribution is -0.155. The Morgan fingerprint density at radius 2 is 2.00 bits per heavy atom. The molecule has 0 aromatic rings. The van der Waals surface area contributed by atoms with Crippen molar-refractivity contribution >= 4 is 0 Å². The maximum atomic E-state index is 9.19. The van der Waals surface area contributed by atoms with E-state index < -0.39 is 0 Å². The largest absolute Gasteiger partial charge is 0.393 e. The van der Waals surface area contributed by atoms with Crippen LogP contribution >= 0.6 is 0 Å². The summed E-state index contributed by atoms with van der Waals surface area (Å²) in [6, 6.07) is 0. The van der Waals surface area contributed by atoms with Gasteiger partial charge in [-0.05, 0) is 6.42 Å². The van der Waals surface area contributed by atoms with Crippen molar-refractivity contribution < 1.29 is 14.6 Å². The highest BCUT2D eigenvalue weighted by Crippen LogP contribution is 2.36. The Morgan fingerprint density at radius 1 is 1.30 bits per heavy atom. The second kappa shape index (κ2) is 2.19. The molecule has 1 saturated heterocycles. The summed E-state index contributed by atoms with van der Waals surface area (Å²) in [4.78, 5) is 0. The number of aliphatic hydroxyl groups is 1. The highest BCUT2D eigenvalue weighted by molar-refractivity contribution is 4.85. The molecule has 2 fully saturated rings. The van der Waals surface area contributed by atoms with Crippen molar-refractivity contribution in [2.45, 2.75) is 31.2 Å². The molecule has 58 valence electrons. The summed E-state index contributed by atoms with van der Waals surface area (Å²) in [5.41, 5.74) is 0. The van der Waals surface area contributed by atoms with Gasteiger partial charge in [-0.2, -0.15) is 0 Å². The third kappa shape index (κ3) is 0.944. The molecule has 2 aliphatic rings. The van der Waals surface area contributed by atoms with Crippen LogP contribution < -0.4 is 0 Å². The van der Waals surface area contributed by atoms with E-state index in [1.165, 1.54) is 0 Å². The standard InChI is InChI=1S/C7H12O3/c8-6-1-2-7(5-6)9-3-4-10-7/h6,8H,1-5H2/t6-/m1/s1. The van der Waals surface area contributed by atoms with Crippen molar-refractivity contribution in [3.05, 3.63) is 0 Å². The summed E-state index contributed by atoms with van der Waals surface area (Å²) in [5.74, 6) is -0.389. The number of aliphatic hydroxyl groups excluding tert-OH is 1. The second-order valence-electron chi connectivity index (χ2n) is 3.00. The minimum Gasteiger partial charge on any atom is -0.393 e. The van der Waals surface area contributed by atoms with Crippen LogP contribution in [-0.2, 0) is 9.47 Å². The fourth-order valence-electron chi connectivity index (χ4n) is 1.71. The fraction of sp³-hybridized carbons (Fsp3) is 1.00. The Morgan fingerprint density at radius 3 is 2.50 bits per heavy atom. The van der Waals surface area contributed by atoms with Crippen LogP contribution in [0.3, 0.4) is 0 Å². The van der Waals surface area contributed by atoms with Crippen LogP contribution in [0.5, 0.6) is 0 Å². The Bertz CT molecular complexity index is 129. The quantitative estimate of drug-likeness (QED) is 0.530. The van der Waals surface area contributed by atoms with Gasteiger partial charge in [0.1, 0.15) is 0 Å². The average Bonchev–Trinajstić information content (AvgIpc) is 2.46. The normalized spacial score (nSPS) is 37.5. The first-order valence-corrected chi connectivity index (χ1v) is 3.77. The Labute approximate surface area is 59.9 Å². The van der Waals surface area contributed by atoms with Gasteiger partial charge in [-0.25, -0.2) is 0 Å². The van der Waals surface area contributed by atoms with Gasteiger partial charge < -0.3 is 14.6 Å². The average molecular weight is 144 g/mol. The molecule has 1 spiro atoms. The molecular weight excluding hydrogens is 132 g/mol. The first kappa shape index (κ1) is 6.58. The van der Waals surface area contributed by atoms with Crippen LogP contribution in [0, 0.1) is 0 Å². The van der Waals surface area contributed by atoms with Gasteiger partial charge in [0.25, 0.3) is 0 Å². The Balaban J connectivity index is 2.03. The van der Waals surface area contributed by atoms with Crippen LogP contribution in [0.2, 0.25) is 0 Å². The van der Waals surface area contributed by atoms with Gasteiger partial charge in [0.05, 0.1) is 19.3 Å². The number of hydrogen-bond donors (Lipinski definition) is 1. The van der Waals surface area contributed by atoms with Crippen LogP contribution in [0.4, 0.5) is 0 Å². The number of ether oxygens (including phenoxy) is 2. The first-order chi connectivity index (χ1) is 4.81. The zero-order valence-corrected chi connectivity index (χ0v) is 5.88. The molecule has 10 heavy (non-hydrogen) atoms. The molecule has 3 heteroatoms. The van der Waals surface area contributed by atoms with Gasteiger partial charge in [-0.1, -0.05) is 0 Å². The molecule has 1 heterocycles. The highest BCUT2D eigenvalue weighted by atomic mass is 16.7. The predicted octanol–water partition coefficient (Wildman–Crippen LogP) is 0.274. The van der Waals surface area contributed by atoms with Gasteiger partial charge in [0, 0.05) is 12.8 Å². The van der Waals surface area contributed by atoms with E-state index in [1.807, 2.05) is 0 Å². The third-order valence-electron chi connectivity index (χ3n) is 2.22. The summed E-state index contributed by atoms with van der Waals surface area (Å²) in [6.07, 6.45) is 2.12. The molecule has 2 rings (SSSR count). The Hall–Kier alpha value is -0.120. The third-order valence-corrected chi connectivity index (χ3v) is 2.22. The maximum Gasteiger partial charge on any atom is 0.171 e. The van der Waals surface area contributed by atoms with Crippen molar-refractivity contribution in [2.24, 2.45) is 0 Å². The zero-order chi connectivity index (χ0) is 7.03. The van der Waals surface area contributed by atoms with Crippen LogP contribution in [0.1, 0.15) is 19.3 Å². The second-order valence-corrected chi connectivity index (χ2v) is 3.00. The van der Waals surface area contributed by atoms with E-state index in [9.17, 15) is 5.11 Å². The molecule has 3 nitrogen and oxygen atoms in total. The lowest BCUT2D eigenvalue weighted by Crippen LogP contribution is -2.26. The molecule has 0 bridgehead atoms. The molecule has 1 atom stereocenters. The minimum absolute atomic E-state index is 0.210. The monoisotopic (exact) mass is 144 g/mol. The molecule has 0 amide bonds. The van der Waals surface area contributed by atoms with Gasteiger partial charge in [0.2, 0.25) is 0 Å². The molecule has 1 N–H and O–H groups in total. The lowest BCUT2D eigenvalue weighted by atomic mass is 10.2. The molecule has 0 radical (unpaired) electrons. The van der Waals surface area contributed by atoms with E-state index in [2.05, 4.69) is 0 Å². The van der Waals surface area contributed by atoms with Crippen LogP contribution in [-0.4, -0.2) is 30.2 Å². The molecule has 1 saturated carbocycles. The smallest absolute Gasteiger partial charge is 0.171 e. The van der Waals surface area contributed by atoms with Gasteiger partial charge in [0.15, 0.2) is 5.79 Å². The molecule has 1 aliphatic heterocycles. The van der Waals surface area contributed by atoms with E-state index in [-0.39, 0.29) is 11.9 Å². The van der Waals surface area contributed by atoms with Gasteiger partial charge in [-0.15, -0.1) is 0 Å². The first-order valence-electron chi connectivity index (χ1n) is 3.77. The number of rotatable bonds is 0. The van der Waals surface area contributed by atoms with E-state index >= 15 is 0 Å². The van der Waals surface area contributed by atoms with Gasteiger partial charge >= 0.3 is 0 Å². The maximum absolute atomic E-state index is 9.19. The fourth-order valence-corrected chi connectivity index (χ4v) is 1.71. The van der Waals surface area contributed by atoms with Crippen molar-refractivity contribution in [2.75, 3.05) is 13.2 Å². The lowest BCUT2D eigenvalue weighted by Gasteiger charge is -2.20. The summed E-state index contributed by atoms with van der Waals surface area (Å²) in [5, 5.41) is 9.19. The number of hydrogen-bond acceptors (Lipinski definition) is 3. The SMILES string of the molecule is O[C@@H]1CCC2(C1)OCCO2. The van der Waals surface area contributed by atoms with Gasteiger partial charge in [-0.3, -0.25) is 0 Å². The minimum atomic E-state index is -0.389. The van der Waals surface area contributed by atoms with E-state index in [4.69, 9.17) is 9.47 Å². The highest BCUT2D eigenvalue weighted by Gasteiger charge is 2.43. The molecule has 0 unspecified atom stereocenters. The molecular formula is C7H12O3. The molecule has 1 aliphatic carbocycles. The van der Waals surface area contributed by atoms with Crippen molar-refractivity contribution in [3.8, 4) is 0 Å². The van der Waals surface area contributed by atoms with Crippen molar-refractivity contribution in [1.82, 2.24) is 0 Å². The van der Waals surface area contributed by atoms with E-state index in [1.54, 1.807) is 0 Å². The summed E-state index contributed by atoms with van der Waals surface area (Å²) < 4.78 is 10.8.